The van der Waals surface area contributed by atoms with Gasteiger partial charge >= 0.3 is 0 Å². The van der Waals surface area contributed by atoms with Crippen LogP contribution in [0.3, 0.4) is 0 Å². The summed E-state index contributed by atoms with van der Waals surface area (Å²) >= 11 is 0. The van der Waals surface area contributed by atoms with Gasteiger partial charge in [-0.3, -0.25) is 4.79 Å². The first kappa shape index (κ1) is 14.2. The van der Waals surface area contributed by atoms with Crippen LogP contribution in [0.2, 0.25) is 0 Å². The minimum atomic E-state index is -0.0356. The molecule has 0 bridgehead atoms. The number of amides is 1. The molecule has 19 heavy (non-hydrogen) atoms. The average Bonchev–Trinajstić information content (AvgIpc) is 2.83. The Morgan fingerprint density at radius 1 is 1.32 bits per heavy atom. The number of benzene rings is 1. The summed E-state index contributed by atoms with van der Waals surface area (Å²) in [5, 5.41) is 6.34. The molecular weight excluding hydrogens is 264 g/mol. The molecule has 0 radical (unpaired) electrons. The number of hydrogen-bond donors (Lipinski definition) is 2. The van der Waals surface area contributed by atoms with E-state index < -0.39 is 0 Å². The second-order valence-electron chi connectivity index (χ2n) is 4.91. The van der Waals surface area contributed by atoms with Gasteiger partial charge in [-0.15, -0.1) is 12.4 Å². The summed E-state index contributed by atoms with van der Waals surface area (Å²) in [5.74, 6) is 0.986. The normalized spacial score (nSPS) is 24.8. The van der Waals surface area contributed by atoms with Crippen LogP contribution < -0.4 is 15.4 Å². The number of piperidine rings is 1. The second-order valence-corrected chi connectivity index (χ2v) is 4.91. The van der Waals surface area contributed by atoms with Crippen molar-refractivity contribution in [1.29, 1.82) is 0 Å². The van der Waals surface area contributed by atoms with Crippen LogP contribution in [-0.4, -0.2) is 25.1 Å². The van der Waals surface area contributed by atoms with Gasteiger partial charge in [0.25, 0.3) is 0 Å². The van der Waals surface area contributed by atoms with Crippen LogP contribution in [0.5, 0.6) is 5.75 Å². The van der Waals surface area contributed by atoms with Gasteiger partial charge in [0.15, 0.2) is 0 Å². The van der Waals surface area contributed by atoms with Crippen LogP contribution in [0, 0.1) is 0 Å². The Hall–Kier alpha value is -1.26. The number of para-hydroxylation sites is 1. The number of halogens is 1. The zero-order chi connectivity index (χ0) is 12.4. The maximum Gasteiger partial charge on any atom is 0.237 e. The van der Waals surface area contributed by atoms with E-state index in [1.165, 1.54) is 6.42 Å². The van der Waals surface area contributed by atoms with Gasteiger partial charge in [-0.25, -0.2) is 0 Å². The molecule has 2 atom stereocenters. The van der Waals surface area contributed by atoms with Crippen molar-refractivity contribution in [2.45, 2.75) is 31.3 Å². The summed E-state index contributed by atoms with van der Waals surface area (Å²) < 4.78 is 5.56. The molecule has 0 aliphatic carbocycles. The van der Waals surface area contributed by atoms with Gasteiger partial charge < -0.3 is 15.4 Å². The first-order valence-corrected chi connectivity index (χ1v) is 6.60. The molecular formula is C14H19ClN2O2. The Balaban J connectivity index is 0.00000133. The summed E-state index contributed by atoms with van der Waals surface area (Å²) in [4.78, 5) is 12.1. The van der Waals surface area contributed by atoms with Crippen molar-refractivity contribution in [3.05, 3.63) is 29.8 Å². The Bertz CT molecular complexity index is 447. The highest BCUT2D eigenvalue weighted by molar-refractivity contribution is 5.85. The smallest absolute Gasteiger partial charge is 0.237 e. The maximum atomic E-state index is 12.1. The van der Waals surface area contributed by atoms with Gasteiger partial charge in [-0.05, 0) is 25.5 Å². The number of hydrogen-bond acceptors (Lipinski definition) is 3. The summed E-state index contributed by atoms with van der Waals surface area (Å²) in [6, 6.07) is 7.85. The standard InChI is InChI=1S/C14H18N2O2.ClH/c17-14(11-6-3-4-8-15-11)16-12-9-18-13-7-2-1-5-10(12)13;/h1-2,5,7,11-12,15H,3-4,6,8-9H2,(H,16,17);1H/t11-,12?;/m0./s1. The van der Waals surface area contributed by atoms with Crippen LogP contribution in [0.25, 0.3) is 0 Å². The molecule has 2 heterocycles. The lowest BCUT2D eigenvalue weighted by molar-refractivity contribution is -0.124. The van der Waals surface area contributed by atoms with Crippen molar-refractivity contribution in [3.63, 3.8) is 0 Å². The third-order valence-corrected chi connectivity index (χ3v) is 3.64. The van der Waals surface area contributed by atoms with E-state index in [9.17, 15) is 4.79 Å². The van der Waals surface area contributed by atoms with E-state index >= 15 is 0 Å². The van der Waals surface area contributed by atoms with E-state index in [-0.39, 0.29) is 30.4 Å². The molecule has 5 heteroatoms. The highest BCUT2D eigenvalue weighted by Crippen LogP contribution is 2.31. The molecule has 2 N–H and O–H groups in total. The number of carbonyl (C=O) groups is 1. The lowest BCUT2D eigenvalue weighted by atomic mass is 10.0. The zero-order valence-electron chi connectivity index (χ0n) is 10.7. The Kier molecular flexibility index (Phi) is 4.66. The molecule has 4 nitrogen and oxygen atoms in total. The van der Waals surface area contributed by atoms with Crippen LogP contribution in [0.4, 0.5) is 0 Å². The van der Waals surface area contributed by atoms with Gasteiger partial charge in [0.2, 0.25) is 5.91 Å². The first-order chi connectivity index (χ1) is 8.84. The lowest BCUT2D eigenvalue weighted by Gasteiger charge is -2.24. The van der Waals surface area contributed by atoms with Gasteiger partial charge in [0.05, 0.1) is 12.1 Å². The Labute approximate surface area is 119 Å². The number of nitrogens with one attached hydrogen (secondary N) is 2. The number of ether oxygens (including phenoxy) is 1. The van der Waals surface area contributed by atoms with E-state index in [1.54, 1.807) is 0 Å². The molecule has 104 valence electrons. The number of fused-ring (bicyclic) bond motifs is 1. The van der Waals surface area contributed by atoms with Crippen LogP contribution in [-0.2, 0) is 4.79 Å². The highest BCUT2D eigenvalue weighted by atomic mass is 35.5. The molecule has 0 spiro atoms. The van der Waals surface area contributed by atoms with Gasteiger partial charge in [-0.1, -0.05) is 24.6 Å². The second kappa shape index (κ2) is 6.26. The third kappa shape index (κ3) is 3.01. The molecule has 1 aromatic rings. The van der Waals surface area contributed by atoms with Crippen molar-refractivity contribution >= 4 is 18.3 Å². The Morgan fingerprint density at radius 2 is 2.16 bits per heavy atom. The number of rotatable bonds is 2. The van der Waals surface area contributed by atoms with Crippen molar-refractivity contribution in [3.8, 4) is 5.75 Å². The Morgan fingerprint density at radius 3 is 2.95 bits per heavy atom. The van der Waals surface area contributed by atoms with Gasteiger partial charge in [0, 0.05) is 5.56 Å². The maximum absolute atomic E-state index is 12.1. The molecule has 1 unspecified atom stereocenters. The summed E-state index contributed by atoms with van der Waals surface area (Å²) in [6.45, 7) is 1.48. The average molecular weight is 283 g/mol. The SMILES string of the molecule is Cl.O=C(NC1COc2ccccc21)[C@@H]1CCCCN1. The summed E-state index contributed by atoms with van der Waals surface area (Å²) in [6.07, 6.45) is 3.23. The van der Waals surface area contributed by atoms with E-state index in [0.717, 1.165) is 30.7 Å². The minimum Gasteiger partial charge on any atom is -0.491 e. The predicted octanol–water partition coefficient (Wildman–Crippen LogP) is 1.80. The molecule has 2 aliphatic heterocycles. The summed E-state index contributed by atoms with van der Waals surface area (Å²) in [7, 11) is 0. The molecule has 2 aliphatic rings. The van der Waals surface area contributed by atoms with E-state index in [2.05, 4.69) is 10.6 Å². The molecule has 0 aromatic heterocycles. The van der Waals surface area contributed by atoms with Gasteiger partial charge in [-0.2, -0.15) is 0 Å². The van der Waals surface area contributed by atoms with E-state index in [1.807, 2.05) is 24.3 Å². The molecule has 1 amide bonds. The van der Waals surface area contributed by atoms with Crippen molar-refractivity contribution in [1.82, 2.24) is 10.6 Å². The van der Waals surface area contributed by atoms with Gasteiger partial charge in [0.1, 0.15) is 12.4 Å². The fourth-order valence-corrected chi connectivity index (χ4v) is 2.63. The third-order valence-electron chi connectivity index (χ3n) is 3.64. The highest BCUT2D eigenvalue weighted by Gasteiger charge is 2.28. The fourth-order valence-electron chi connectivity index (χ4n) is 2.63. The lowest BCUT2D eigenvalue weighted by Crippen LogP contribution is -2.47. The zero-order valence-corrected chi connectivity index (χ0v) is 11.5. The van der Waals surface area contributed by atoms with Crippen LogP contribution in [0.15, 0.2) is 24.3 Å². The molecule has 1 saturated heterocycles. The van der Waals surface area contributed by atoms with Crippen LogP contribution in [0.1, 0.15) is 30.9 Å². The predicted molar refractivity (Wildman–Crippen MR) is 75.7 cm³/mol. The van der Waals surface area contributed by atoms with E-state index in [4.69, 9.17) is 4.74 Å². The quantitative estimate of drug-likeness (QED) is 0.870. The van der Waals surface area contributed by atoms with Crippen molar-refractivity contribution < 1.29 is 9.53 Å². The first-order valence-electron chi connectivity index (χ1n) is 6.60. The van der Waals surface area contributed by atoms with E-state index in [0.29, 0.717) is 6.61 Å². The monoisotopic (exact) mass is 282 g/mol. The fraction of sp³-hybridized carbons (Fsp3) is 0.500. The minimum absolute atomic E-state index is 0. The van der Waals surface area contributed by atoms with Crippen molar-refractivity contribution in [2.24, 2.45) is 0 Å². The molecule has 1 aromatic carbocycles. The largest absolute Gasteiger partial charge is 0.491 e. The van der Waals surface area contributed by atoms with Crippen LogP contribution >= 0.6 is 12.4 Å². The number of carbonyl (C=O) groups excluding carboxylic acids is 1. The molecule has 3 rings (SSSR count). The molecule has 0 saturated carbocycles. The molecule has 1 fully saturated rings. The topological polar surface area (TPSA) is 50.4 Å². The van der Waals surface area contributed by atoms with Crippen molar-refractivity contribution in [2.75, 3.05) is 13.2 Å². The summed E-state index contributed by atoms with van der Waals surface area (Å²) in [5.41, 5.74) is 1.08.